The molecule has 1 saturated heterocycles. The summed E-state index contributed by atoms with van der Waals surface area (Å²) in [6, 6.07) is 4.52. The molecule has 1 aromatic rings. The fraction of sp³-hybridized carbons (Fsp3) is 0.462. The Balaban J connectivity index is 2.20. The molecule has 1 fully saturated rings. The number of benzene rings is 1. The van der Waals surface area contributed by atoms with Crippen molar-refractivity contribution >= 4 is 17.5 Å². The number of phenolic OH excluding ortho intramolecular Hbond substituents is 1. The van der Waals surface area contributed by atoms with Crippen molar-refractivity contribution in [3.8, 4) is 5.75 Å². The Morgan fingerprint density at radius 3 is 2.89 bits per heavy atom. The van der Waals surface area contributed by atoms with Gasteiger partial charge in [0, 0.05) is 31.7 Å². The zero-order valence-electron chi connectivity index (χ0n) is 10.8. The number of carbonyl (C=O) groups excluding carboxylic acids is 1. The van der Waals surface area contributed by atoms with Gasteiger partial charge in [0.2, 0.25) is 0 Å². The zero-order valence-corrected chi connectivity index (χ0v) is 11.6. The molecule has 0 spiro atoms. The van der Waals surface area contributed by atoms with Gasteiger partial charge in [-0.3, -0.25) is 4.79 Å². The molecule has 104 valence electrons. The fourth-order valence-electron chi connectivity index (χ4n) is 2.29. The van der Waals surface area contributed by atoms with E-state index in [0.29, 0.717) is 18.7 Å². The van der Waals surface area contributed by atoms with Crippen LogP contribution in [0.25, 0.3) is 0 Å². The summed E-state index contributed by atoms with van der Waals surface area (Å²) in [5.41, 5.74) is 6.22. The maximum absolute atomic E-state index is 12.5. The van der Waals surface area contributed by atoms with Crippen molar-refractivity contribution in [2.45, 2.75) is 6.04 Å². The molecule has 0 bridgehead atoms. The lowest BCUT2D eigenvalue weighted by atomic mass is 10.1. The third-order valence-corrected chi connectivity index (χ3v) is 3.72. The Bertz CT molecular complexity index is 481. The quantitative estimate of drug-likeness (QED) is 0.841. The van der Waals surface area contributed by atoms with E-state index in [9.17, 15) is 9.90 Å². The maximum atomic E-state index is 12.5. The van der Waals surface area contributed by atoms with E-state index in [2.05, 4.69) is 4.90 Å². The van der Waals surface area contributed by atoms with Crippen molar-refractivity contribution in [1.82, 2.24) is 9.80 Å². The second-order valence-corrected chi connectivity index (χ2v) is 5.22. The minimum Gasteiger partial charge on any atom is -0.506 e. The predicted molar refractivity (Wildman–Crippen MR) is 74.5 cm³/mol. The highest BCUT2D eigenvalue weighted by molar-refractivity contribution is 6.32. The third-order valence-electron chi connectivity index (χ3n) is 3.41. The number of hydrogen-bond donors (Lipinski definition) is 2. The van der Waals surface area contributed by atoms with E-state index in [0.717, 1.165) is 13.1 Å². The van der Waals surface area contributed by atoms with Gasteiger partial charge < -0.3 is 20.6 Å². The van der Waals surface area contributed by atoms with Crippen LogP contribution in [0, 0.1) is 0 Å². The molecule has 1 unspecified atom stereocenters. The van der Waals surface area contributed by atoms with E-state index >= 15 is 0 Å². The zero-order chi connectivity index (χ0) is 14.0. The lowest BCUT2D eigenvalue weighted by Crippen LogP contribution is -2.56. The van der Waals surface area contributed by atoms with E-state index in [1.165, 1.54) is 12.1 Å². The van der Waals surface area contributed by atoms with Crippen molar-refractivity contribution in [2.75, 3.05) is 33.2 Å². The lowest BCUT2D eigenvalue weighted by molar-refractivity contribution is 0.0516. The van der Waals surface area contributed by atoms with Crippen LogP contribution < -0.4 is 5.73 Å². The monoisotopic (exact) mass is 283 g/mol. The topological polar surface area (TPSA) is 69.8 Å². The first-order valence-electron chi connectivity index (χ1n) is 6.21. The van der Waals surface area contributed by atoms with E-state index in [-0.39, 0.29) is 22.7 Å². The number of rotatable bonds is 2. The number of likely N-dealkylation sites (N-methyl/N-ethyl adjacent to an activating group) is 1. The number of halogens is 1. The summed E-state index contributed by atoms with van der Waals surface area (Å²) in [5, 5.41) is 9.57. The van der Waals surface area contributed by atoms with Gasteiger partial charge in [-0.05, 0) is 25.2 Å². The molecular formula is C13H18ClN3O2. The second kappa shape index (κ2) is 5.77. The van der Waals surface area contributed by atoms with E-state index < -0.39 is 0 Å². The smallest absolute Gasteiger partial charge is 0.254 e. The van der Waals surface area contributed by atoms with Crippen molar-refractivity contribution in [3.63, 3.8) is 0 Å². The summed E-state index contributed by atoms with van der Waals surface area (Å²) in [4.78, 5) is 16.4. The molecule has 0 saturated carbocycles. The average Bonchev–Trinajstić information content (AvgIpc) is 2.41. The molecule has 1 aromatic carbocycles. The van der Waals surface area contributed by atoms with Gasteiger partial charge in [0.15, 0.2) is 0 Å². The van der Waals surface area contributed by atoms with Gasteiger partial charge in [-0.2, -0.15) is 0 Å². The minimum atomic E-state index is -0.0922. The second-order valence-electron chi connectivity index (χ2n) is 4.82. The fourth-order valence-corrected chi connectivity index (χ4v) is 2.47. The molecule has 0 aromatic heterocycles. The Morgan fingerprint density at radius 1 is 1.53 bits per heavy atom. The summed E-state index contributed by atoms with van der Waals surface area (Å²) in [6.45, 7) is 2.68. The number of aromatic hydroxyl groups is 1. The number of carbonyl (C=O) groups is 1. The highest BCUT2D eigenvalue weighted by Gasteiger charge is 2.28. The largest absolute Gasteiger partial charge is 0.506 e. The van der Waals surface area contributed by atoms with Crippen LogP contribution in [0.1, 0.15) is 10.4 Å². The van der Waals surface area contributed by atoms with Crippen molar-refractivity contribution in [1.29, 1.82) is 0 Å². The lowest BCUT2D eigenvalue weighted by Gasteiger charge is -2.39. The van der Waals surface area contributed by atoms with E-state index in [1.54, 1.807) is 11.0 Å². The maximum Gasteiger partial charge on any atom is 0.254 e. The molecule has 1 aliphatic rings. The van der Waals surface area contributed by atoms with Crippen molar-refractivity contribution in [3.05, 3.63) is 28.8 Å². The highest BCUT2D eigenvalue weighted by Crippen LogP contribution is 2.25. The Morgan fingerprint density at radius 2 is 2.26 bits per heavy atom. The first kappa shape index (κ1) is 14.1. The van der Waals surface area contributed by atoms with Crippen LogP contribution in [0.2, 0.25) is 5.02 Å². The van der Waals surface area contributed by atoms with Gasteiger partial charge in [0.1, 0.15) is 5.75 Å². The van der Waals surface area contributed by atoms with Crippen LogP contribution in [-0.2, 0) is 0 Å². The molecule has 3 N–H and O–H groups in total. The number of amides is 1. The Kier molecular flexibility index (Phi) is 4.29. The summed E-state index contributed by atoms with van der Waals surface area (Å²) in [5.74, 6) is -0.114. The molecule has 19 heavy (non-hydrogen) atoms. The van der Waals surface area contributed by atoms with Gasteiger partial charge in [-0.25, -0.2) is 0 Å². The van der Waals surface area contributed by atoms with Gasteiger partial charge in [-0.15, -0.1) is 0 Å². The number of hydrogen-bond acceptors (Lipinski definition) is 4. The number of nitrogens with two attached hydrogens (primary N) is 1. The number of phenols is 1. The van der Waals surface area contributed by atoms with Crippen molar-refractivity contribution in [2.24, 2.45) is 5.73 Å². The van der Waals surface area contributed by atoms with Crippen LogP contribution in [0.5, 0.6) is 5.75 Å². The minimum absolute atomic E-state index is 0.0128. The summed E-state index contributed by atoms with van der Waals surface area (Å²) in [6.07, 6.45) is 0. The molecule has 1 amide bonds. The van der Waals surface area contributed by atoms with E-state index in [4.69, 9.17) is 17.3 Å². The molecule has 6 heteroatoms. The summed E-state index contributed by atoms with van der Waals surface area (Å²) in [7, 11) is 2.02. The number of piperazine rings is 1. The molecule has 5 nitrogen and oxygen atoms in total. The standard InChI is InChI=1S/C13H18ClN3O2/c1-16-4-5-17(10(7-15)8-16)13(19)9-2-3-12(18)11(14)6-9/h2-3,6,10,18H,4-5,7-8,15H2,1H3. The average molecular weight is 284 g/mol. The first-order chi connectivity index (χ1) is 9.02. The number of nitrogens with zero attached hydrogens (tertiary/aromatic N) is 2. The Labute approximate surface area is 117 Å². The summed E-state index contributed by atoms with van der Waals surface area (Å²) >= 11 is 5.84. The first-order valence-corrected chi connectivity index (χ1v) is 6.59. The highest BCUT2D eigenvalue weighted by atomic mass is 35.5. The predicted octanol–water partition coefficient (Wildman–Crippen LogP) is 0.761. The molecular weight excluding hydrogens is 266 g/mol. The van der Waals surface area contributed by atoms with Gasteiger partial charge >= 0.3 is 0 Å². The van der Waals surface area contributed by atoms with Crippen LogP contribution in [-0.4, -0.2) is 60.1 Å². The van der Waals surface area contributed by atoms with E-state index in [1.807, 2.05) is 7.05 Å². The van der Waals surface area contributed by atoms with Gasteiger partial charge in [-0.1, -0.05) is 11.6 Å². The van der Waals surface area contributed by atoms with Crippen LogP contribution in [0.15, 0.2) is 18.2 Å². The molecule has 0 aliphatic carbocycles. The normalized spacial score (nSPS) is 20.6. The third kappa shape index (κ3) is 3.00. The van der Waals surface area contributed by atoms with Crippen LogP contribution >= 0.6 is 11.6 Å². The SMILES string of the molecule is CN1CCN(C(=O)c2ccc(O)c(Cl)c2)C(CN)C1. The van der Waals surface area contributed by atoms with Gasteiger partial charge in [0.25, 0.3) is 5.91 Å². The van der Waals surface area contributed by atoms with Crippen LogP contribution in [0.3, 0.4) is 0 Å². The van der Waals surface area contributed by atoms with Crippen LogP contribution in [0.4, 0.5) is 0 Å². The van der Waals surface area contributed by atoms with Crippen molar-refractivity contribution < 1.29 is 9.90 Å². The molecule has 0 radical (unpaired) electrons. The van der Waals surface area contributed by atoms with Gasteiger partial charge in [0.05, 0.1) is 11.1 Å². The summed E-state index contributed by atoms with van der Waals surface area (Å²) < 4.78 is 0. The Hall–Kier alpha value is -1.30. The molecule has 1 heterocycles. The molecule has 1 atom stereocenters. The molecule has 1 aliphatic heterocycles. The molecule has 2 rings (SSSR count).